The number of imidazole rings is 1. The van der Waals surface area contributed by atoms with Gasteiger partial charge in [0.1, 0.15) is 36.3 Å². The fourth-order valence-electron chi connectivity index (χ4n) is 4.17. The summed E-state index contributed by atoms with van der Waals surface area (Å²) in [5.41, 5.74) is 4.26. The summed E-state index contributed by atoms with van der Waals surface area (Å²) in [7, 11) is -16.3. The maximum absolute atomic E-state index is 12.6. The number of aromatic nitrogens is 4. The summed E-state index contributed by atoms with van der Waals surface area (Å²) in [6, 6.07) is 0. The molecule has 1 fully saturated rings. The molecule has 2 unspecified atom stereocenters. The Labute approximate surface area is 280 Å². The molecule has 3 heterocycles. The molecule has 49 heavy (non-hydrogen) atoms. The number of nitrogens with zero attached hydrogens (tertiary/aromatic N) is 4. The third kappa shape index (κ3) is 11.8. The highest BCUT2D eigenvalue weighted by Crippen LogP contribution is 2.61. The van der Waals surface area contributed by atoms with Gasteiger partial charge >= 0.3 is 35.1 Å². The van der Waals surface area contributed by atoms with Gasteiger partial charge in [0.25, 0.3) is 0 Å². The zero-order valence-electron chi connectivity index (χ0n) is 25.6. The first-order chi connectivity index (χ1) is 22.7. The Bertz CT molecular complexity index is 1640. The number of amides is 2. The van der Waals surface area contributed by atoms with Crippen LogP contribution >= 0.6 is 23.5 Å². The van der Waals surface area contributed by atoms with E-state index in [1.54, 1.807) is 0 Å². The van der Waals surface area contributed by atoms with E-state index in [9.17, 15) is 57.3 Å². The van der Waals surface area contributed by atoms with Crippen LogP contribution in [0, 0.1) is 5.41 Å². The van der Waals surface area contributed by atoms with Crippen LogP contribution in [0.3, 0.4) is 0 Å². The van der Waals surface area contributed by atoms with Gasteiger partial charge in [-0.15, -0.1) is 0 Å². The van der Waals surface area contributed by atoms with Crippen molar-refractivity contribution in [2.45, 2.75) is 50.9 Å². The second-order valence-corrected chi connectivity index (χ2v) is 15.8. The Morgan fingerprint density at radius 2 is 1.78 bits per heavy atom. The second kappa shape index (κ2) is 16.7. The van der Waals surface area contributed by atoms with Crippen molar-refractivity contribution in [3.63, 3.8) is 0 Å². The minimum Gasteiger partial charge on any atom is -0.386 e. The molecule has 276 valence electrons. The highest BCUT2D eigenvalue weighted by Gasteiger charge is 2.50. The summed E-state index contributed by atoms with van der Waals surface area (Å²) in [5, 5.41) is 26.0. The zero-order valence-corrected chi connectivity index (χ0v) is 29.1. The summed E-state index contributed by atoms with van der Waals surface area (Å²) in [5.74, 6) is -1.34. The average molecular weight is 783 g/mol. The van der Waals surface area contributed by atoms with Gasteiger partial charge in [0.15, 0.2) is 17.7 Å². The van der Waals surface area contributed by atoms with Crippen LogP contribution in [0.4, 0.5) is 5.82 Å². The highest BCUT2D eigenvalue weighted by molar-refractivity contribution is 7.65. The number of ether oxygens (including phenoxy) is 1. The lowest BCUT2D eigenvalue weighted by molar-refractivity contribution is -0.137. The molecule has 0 aromatic carbocycles. The maximum atomic E-state index is 12.6. The topological polar surface area (TPSA) is 364 Å². The van der Waals surface area contributed by atoms with Gasteiger partial charge in [0.2, 0.25) is 17.6 Å². The molecule has 2 amide bonds. The van der Waals surface area contributed by atoms with Crippen molar-refractivity contribution < 1.29 is 79.9 Å². The molecule has 1 saturated heterocycles. The minimum atomic E-state index is -5.55. The van der Waals surface area contributed by atoms with Crippen LogP contribution in [-0.2, 0) is 61.8 Å². The van der Waals surface area contributed by atoms with Gasteiger partial charge in [-0.25, -0.2) is 28.6 Å². The third-order valence-corrected chi connectivity index (χ3v) is 10.1. The van der Waals surface area contributed by atoms with Crippen LogP contribution in [-0.4, -0.2) is 118 Å². The van der Waals surface area contributed by atoms with E-state index in [0.29, 0.717) is 0 Å². The number of nitrogens with one attached hydrogen (secondary N) is 2. The summed E-state index contributed by atoms with van der Waals surface area (Å²) in [6.07, 6.45) is -6.89. The number of hydrogen-bond donors (Lipinski definition) is 9. The van der Waals surface area contributed by atoms with Crippen molar-refractivity contribution in [2.24, 2.45) is 5.41 Å². The van der Waals surface area contributed by atoms with Gasteiger partial charge in [-0.05, 0) is 0 Å². The Kier molecular flexibility index (Phi) is 14.0. The number of carbonyl (C=O) groups excluding carboxylic acids is 2. The number of aliphatic hydroxyl groups excluding tert-OH is 2. The molecule has 10 N–H and O–H groups in total. The summed E-state index contributed by atoms with van der Waals surface area (Å²) >= 11 is 0.284. The number of carbonyl (C=O) groups is 2. The molecule has 2 aromatic heterocycles. The van der Waals surface area contributed by atoms with Crippen LogP contribution in [0.15, 0.2) is 12.7 Å². The van der Waals surface area contributed by atoms with Crippen LogP contribution in [0.2, 0.25) is 0 Å². The zero-order chi connectivity index (χ0) is 36.8. The van der Waals surface area contributed by atoms with Crippen LogP contribution in [0.5, 0.6) is 0 Å². The third-order valence-electron chi connectivity index (χ3n) is 6.59. The average Bonchev–Trinajstić information content (AvgIpc) is 3.55. The lowest BCUT2D eigenvalue weighted by Gasteiger charge is -2.30. The van der Waals surface area contributed by atoms with Gasteiger partial charge in [-0.3, -0.25) is 27.7 Å². The molecular formula is C21H35N7O17P3S+. The fraction of sp³-hybridized carbons (Fsp3) is 0.667. The van der Waals surface area contributed by atoms with E-state index in [2.05, 4.69) is 34.4 Å². The molecule has 2 aromatic rings. The molecule has 1 aliphatic rings. The van der Waals surface area contributed by atoms with Gasteiger partial charge in [0, 0.05) is 22.6 Å². The summed E-state index contributed by atoms with van der Waals surface area (Å²) in [4.78, 5) is 74.7. The van der Waals surface area contributed by atoms with E-state index in [-0.39, 0.29) is 53.9 Å². The summed E-state index contributed by atoms with van der Waals surface area (Å²) in [6.45, 7) is 0.403. The molecule has 0 saturated carbocycles. The van der Waals surface area contributed by atoms with Crippen LogP contribution < -0.4 is 16.4 Å². The normalized spacial score (nSPS) is 23.0. The summed E-state index contributed by atoms with van der Waals surface area (Å²) < 4.78 is 72.0. The molecule has 0 radical (unpaired) electrons. The molecule has 0 spiro atoms. The molecule has 28 heteroatoms. The van der Waals surface area contributed by atoms with E-state index in [1.165, 1.54) is 13.8 Å². The van der Waals surface area contributed by atoms with Gasteiger partial charge in [-0.1, -0.05) is 13.8 Å². The molecule has 7 atom stereocenters. The van der Waals surface area contributed by atoms with E-state index < -0.39 is 84.6 Å². The molecule has 24 nitrogen and oxygen atoms in total. The number of aliphatic hydroxyl groups is 2. The van der Waals surface area contributed by atoms with Crippen molar-refractivity contribution in [3.8, 4) is 0 Å². The van der Waals surface area contributed by atoms with E-state index in [0.717, 1.165) is 17.2 Å². The first-order valence-electron chi connectivity index (χ1n) is 13.8. The van der Waals surface area contributed by atoms with Gasteiger partial charge in [-0.2, -0.15) is 4.31 Å². The fourth-order valence-corrected chi connectivity index (χ4v) is 7.19. The molecule has 0 bridgehead atoms. The van der Waals surface area contributed by atoms with Crippen molar-refractivity contribution in [3.05, 3.63) is 12.7 Å². The predicted octanol–water partition coefficient (Wildman–Crippen LogP) is -2.17. The molecule has 3 rings (SSSR count). The van der Waals surface area contributed by atoms with E-state index >= 15 is 0 Å². The number of fused-ring (bicyclic) bond motifs is 1. The van der Waals surface area contributed by atoms with E-state index in [4.69, 9.17) is 19.5 Å². The van der Waals surface area contributed by atoms with Crippen molar-refractivity contribution in [1.82, 2.24) is 30.2 Å². The number of phosphoric acid groups is 3. The Morgan fingerprint density at radius 3 is 2.43 bits per heavy atom. The number of anilines is 1. The monoisotopic (exact) mass is 782 g/mol. The van der Waals surface area contributed by atoms with Crippen molar-refractivity contribution in [1.29, 1.82) is 0 Å². The first kappa shape index (κ1) is 41.0. The molecular weight excluding hydrogens is 747 g/mol. The quantitative estimate of drug-likeness (QED) is 0.0416. The van der Waals surface area contributed by atoms with Crippen molar-refractivity contribution in [2.75, 3.05) is 37.8 Å². The SMILES string of the molecule is CC(C)(COP(=O)(O)OP(=O)(O)OC[C@H]1O[C@@H](n2cnc3c(N)ncnc32)[C@H](O)[C@@H]1OP(=O)(O)O)[C@@H](O)C(=O)NCCC(=O)NCC[S+]=O. The number of hydrogen-bond acceptors (Lipinski definition) is 17. The second-order valence-electron chi connectivity index (χ2n) is 10.9. The minimum absolute atomic E-state index is 0.0308. The molecule has 0 aliphatic carbocycles. The van der Waals surface area contributed by atoms with E-state index in [1.807, 2.05) is 0 Å². The molecule has 1 aliphatic heterocycles. The number of nitrogen functional groups attached to an aromatic ring is 1. The largest absolute Gasteiger partial charge is 0.481 e. The maximum Gasteiger partial charge on any atom is 0.481 e. The van der Waals surface area contributed by atoms with Gasteiger partial charge in [0.05, 0.1) is 26.1 Å². The smallest absolute Gasteiger partial charge is 0.386 e. The number of phosphoric ester groups is 3. The Hall–Kier alpha value is -2.44. The van der Waals surface area contributed by atoms with Crippen LogP contribution in [0.25, 0.3) is 11.2 Å². The lowest BCUT2D eigenvalue weighted by atomic mass is 9.87. The standard InChI is InChI=1S/C21H34N7O17P3S/c1-21(2,16(31)19(32)24-4-3-12(29)23-5-6-49-40)8-42-48(38,39)45-47(36,37)41-7-11-15(44-46(33,34)35)14(30)20(43-11)28-10-27-13-17(22)25-9-26-18(13)28/h9-11,14-16,20,30-31H,3-8H2,1-2H3,(H7-,22,23,24,25,26,29,32,33,34,35,36,37,38,39)/p+1/t11-,14-,15-,16+,20-/m1/s1. The Morgan fingerprint density at radius 1 is 1.10 bits per heavy atom. The van der Waals surface area contributed by atoms with Crippen LogP contribution in [0.1, 0.15) is 26.5 Å². The van der Waals surface area contributed by atoms with Gasteiger partial charge < -0.3 is 50.9 Å². The number of rotatable bonds is 19. The lowest BCUT2D eigenvalue weighted by Crippen LogP contribution is -2.46. The Balaban J connectivity index is 1.59. The number of nitrogens with two attached hydrogens (primary N) is 1. The highest BCUT2D eigenvalue weighted by atomic mass is 32.1. The first-order valence-corrected chi connectivity index (χ1v) is 19.2. The van der Waals surface area contributed by atoms with Crippen molar-refractivity contribution >= 4 is 63.9 Å². The predicted molar refractivity (Wildman–Crippen MR) is 163 cm³/mol.